The van der Waals surface area contributed by atoms with E-state index in [2.05, 4.69) is 16.0 Å². The minimum atomic E-state index is -4.51. The first-order chi connectivity index (χ1) is 24.2. The van der Waals surface area contributed by atoms with Crippen LogP contribution in [0.3, 0.4) is 0 Å². The van der Waals surface area contributed by atoms with Crippen molar-refractivity contribution >= 4 is 35.0 Å². The van der Waals surface area contributed by atoms with E-state index in [-0.39, 0.29) is 54.7 Å². The van der Waals surface area contributed by atoms with Crippen molar-refractivity contribution in [2.45, 2.75) is 64.5 Å². The molecule has 0 bridgehead atoms. The van der Waals surface area contributed by atoms with Gasteiger partial charge in [0.25, 0.3) is 5.91 Å². The molecule has 1 heterocycles. The van der Waals surface area contributed by atoms with Crippen LogP contribution in [0.15, 0.2) is 72.8 Å². The van der Waals surface area contributed by atoms with Crippen LogP contribution < -0.4 is 20.7 Å². The number of hydrogen-bond donors (Lipinski definition) is 4. The number of nitrogens with zero attached hydrogens (tertiary/aromatic N) is 2. The number of benzene rings is 3. The van der Waals surface area contributed by atoms with Gasteiger partial charge in [0.05, 0.1) is 36.0 Å². The Morgan fingerprint density at radius 1 is 0.961 bits per heavy atom. The summed E-state index contributed by atoms with van der Waals surface area (Å²) in [5.74, 6) is -0.438. The number of fused-ring (bicyclic) bond motifs is 1. The van der Waals surface area contributed by atoms with Crippen LogP contribution in [0.4, 0.5) is 39.8 Å². The van der Waals surface area contributed by atoms with Gasteiger partial charge < -0.3 is 40.3 Å². The number of urea groups is 2. The molecule has 0 radical (unpaired) electrons. The molecule has 5 amide bonds. The summed E-state index contributed by atoms with van der Waals surface area (Å²) < 4.78 is 51.4. The van der Waals surface area contributed by atoms with Crippen molar-refractivity contribution in [3.05, 3.63) is 83.9 Å². The number of hydrogen-bond acceptors (Lipinski definition) is 6. The third-order valence-corrected chi connectivity index (χ3v) is 8.61. The minimum absolute atomic E-state index is 0.143. The summed E-state index contributed by atoms with van der Waals surface area (Å²) in [6, 6.07) is 16.1. The third-order valence-electron chi connectivity index (χ3n) is 8.61. The summed E-state index contributed by atoms with van der Waals surface area (Å²) in [4.78, 5) is 43.3. The average molecular weight is 714 g/mol. The number of ether oxygens (including phenoxy) is 2. The highest BCUT2D eigenvalue weighted by atomic mass is 19.4. The zero-order valence-electron chi connectivity index (χ0n) is 29.2. The second kappa shape index (κ2) is 17.9. The fourth-order valence-corrected chi connectivity index (χ4v) is 5.59. The number of carbonyl (C=O) groups is 3. The van der Waals surface area contributed by atoms with E-state index in [1.54, 1.807) is 38.2 Å². The van der Waals surface area contributed by atoms with Crippen LogP contribution in [-0.4, -0.2) is 84.5 Å². The summed E-state index contributed by atoms with van der Waals surface area (Å²) in [6.45, 7) is 6.06. The van der Waals surface area contributed by atoms with Gasteiger partial charge in [-0.15, -0.1) is 0 Å². The number of amides is 5. The molecule has 0 fully saturated rings. The van der Waals surface area contributed by atoms with Gasteiger partial charge in [0.15, 0.2) is 0 Å². The molecular formula is C37H46F3N5O6. The summed E-state index contributed by atoms with van der Waals surface area (Å²) >= 11 is 0. The summed E-state index contributed by atoms with van der Waals surface area (Å²) in [5, 5.41) is 18.2. The number of carbonyl (C=O) groups excluding carboxylic acids is 3. The molecule has 0 saturated carbocycles. The first kappa shape index (κ1) is 39.0. The standard InChI is InChI=1S/C37H46F3N5O6/c1-24-21-45(25(2)23-46)34(47)31-20-30(42-35(48)41-29-15-13-27(14-16-29)37(38,39)40)17-18-32(31)51-26(3)10-8-9-19-50-33(24)22-44(4)36(49)43-28-11-6-5-7-12-28/h5-7,11-18,20,24-26,33,46H,8-10,19,21-23H2,1-4H3,(H,43,49)(H2,41,42,48)/t24-,25+,26+,33+/m1/s1. The topological polar surface area (TPSA) is 132 Å². The number of rotatable bonds is 7. The van der Waals surface area contributed by atoms with Crippen LogP contribution >= 0.6 is 0 Å². The number of para-hydroxylation sites is 1. The molecule has 0 spiro atoms. The quantitative estimate of drug-likeness (QED) is 0.203. The van der Waals surface area contributed by atoms with E-state index in [0.29, 0.717) is 24.5 Å². The number of likely N-dealkylation sites (N-methyl/N-ethyl adjacent to an activating group) is 1. The number of aliphatic hydroxyl groups excluding tert-OH is 1. The van der Waals surface area contributed by atoms with E-state index >= 15 is 0 Å². The average Bonchev–Trinajstić information content (AvgIpc) is 3.09. The van der Waals surface area contributed by atoms with Crippen LogP contribution in [0.2, 0.25) is 0 Å². The van der Waals surface area contributed by atoms with Crippen molar-refractivity contribution in [3.63, 3.8) is 0 Å². The predicted octanol–water partition coefficient (Wildman–Crippen LogP) is 7.31. The molecule has 4 rings (SSSR count). The van der Waals surface area contributed by atoms with E-state index in [9.17, 15) is 32.7 Å². The Balaban J connectivity index is 1.56. The molecule has 0 unspecified atom stereocenters. The maximum absolute atomic E-state index is 14.3. The second-order valence-electron chi connectivity index (χ2n) is 12.8. The van der Waals surface area contributed by atoms with E-state index < -0.39 is 35.8 Å². The van der Waals surface area contributed by atoms with Crippen LogP contribution in [0.5, 0.6) is 5.75 Å². The van der Waals surface area contributed by atoms with Crippen LogP contribution in [-0.2, 0) is 10.9 Å². The highest BCUT2D eigenvalue weighted by Gasteiger charge is 2.32. The Hall–Kier alpha value is -4.82. The third kappa shape index (κ3) is 11.3. The smallest absolute Gasteiger partial charge is 0.416 e. The van der Waals surface area contributed by atoms with Gasteiger partial charge in [-0.05, 0) is 87.7 Å². The number of nitrogens with one attached hydrogen (secondary N) is 3. The van der Waals surface area contributed by atoms with Gasteiger partial charge in [-0.3, -0.25) is 4.79 Å². The maximum atomic E-state index is 14.3. The van der Waals surface area contributed by atoms with Crippen molar-refractivity contribution in [2.75, 3.05) is 49.3 Å². The highest BCUT2D eigenvalue weighted by molar-refractivity contribution is 6.02. The Morgan fingerprint density at radius 2 is 1.61 bits per heavy atom. The number of anilines is 3. The van der Waals surface area contributed by atoms with Crippen LogP contribution in [0.1, 0.15) is 56.0 Å². The molecule has 276 valence electrons. The van der Waals surface area contributed by atoms with Gasteiger partial charge in [-0.1, -0.05) is 25.1 Å². The summed E-state index contributed by atoms with van der Waals surface area (Å²) in [5.41, 5.74) is 0.339. The zero-order chi connectivity index (χ0) is 37.1. The van der Waals surface area contributed by atoms with E-state index in [0.717, 1.165) is 37.1 Å². The van der Waals surface area contributed by atoms with Gasteiger partial charge in [0.2, 0.25) is 0 Å². The van der Waals surface area contributed by atoms with Crippen molar-refractivity contribution in [1.29, 1.82) is 0 Å². The predicted molar refractivity (Wildman–Crippen MR) is 189 cm³/mol. The molecule has 14 heteroatoms. The Kier molecular flexibility index (Phi) is 13.7. The number of alkyl halides is 3. The first-order valence-electron chi connectivity index (χ1n) is 16.9. The van der Waals surface area contributed by atoms with Gasteiger partial charge in [0, 0.05) is 49.7 Å². The lowest BCUT2D eigenvalue weighted by Gasteiger charge is -2.35. The molecular weight excluding hydrogens is 667 g/mol. The zero-order valence-corrected chi connectivity index (χ0v) is 29.2. The highest BCUT2D eigenvalue weighted by Crippen LogP contribution is 2.31. The lowest BCUT2D eigenvalue weighted by Crippen LogP contribution is -2.48. The first-order valence-corrected chi connectivity index (χ1v) is 16.9. The summed E-state index contributed by atoms with van der Waals surface area (Å²) in [6.07, 6.45) is -3.03. The SMILES string of the molecule is C[C@@H]1CN([C@@H](C)CO)C(=O)c2cc(NC(=O)Nc3ccc(C(F)(F)F)cc3)ccc2O[C@@H](C)CCCCO[C@H]1CN(C)C(=O)Nc1ccccc1. The van der Waals surface area contributed by atoms with Gasteiger partial charge in [-0.25, -0.2) is 9.59 Å². The van der Waals surface area contributed by atoms with Gasteiger partial charge in [-0.2, -0.15) is 13.2 Å². The Labute approximate surface area is 296 Å². The molecule has 4 atom stereocenters. The molecule has 1 aliphatic heterocycles. The van der Waals surface area contributed by atoms with Crippen molar-refractivity contribution < 1.29 is 42.1 Å². The largest absolute Gasteiger partial charge is 0.490 e. The molecule has 51 heavy (non-hydrogen) atoms. The van der Waals surface area contributed by atoms with Crippen molar-refractivity contribution in [2.24, 2.45) is 5.92 Å². The van der Waals surface area contributed by atoms with E-state index in [4.69, 9.17) is 9.47 Å². The van der Waals surface area contributed by atoms with E-state index in [1.165, 1.54) is 15.9 Å². The van der Waals surface area contributed by atoms with Crippen molar-refractivity contribution in [1.82, 2.24) is 9.80 Å². The fourth-order valence-electron chi connectivity index (χ4n) is 5.59. The molecule has 11 nitrogen and oxygen atoms in total. The number of halogens is 3. The van der Waals surface area contributed by atoms with Gasteiger partial charge >= 0.3 is 18.2 Å². The van der Waals surface area contributed by atoms with Gasteiger partial charge in [0.1, 0.15) is 5.75 Å². The normalized spacial score (nSPS) is 19.5. The lowest BCUT2D eigenvalue weighted by molar-refractivity contribution is -0.137. The monoisotopic (exact) mass is 713 g/mol. The molecule has 0 aliphatic carbocycles. The molecule has 3 aromatic carbocycles. The number of aliphatic hydroxyl groups is 1. The second-order valence-corrected chi connectivity index (χ2v) is 12.8. The van der Waals surface area contributed by atoms with Crippen LogP contribution in [0.25, 0.3) is 0 Å². The molecule has 1 aliphatic rings. The molecule has 4 N–H and O–H groups in total. The fraction of sp³-hybridized carbons (Fsp3) is 0.432. The minimum Gasteiger partial charge on any atom is -0.490 e. The van der Waals surface area contributed by atoms with Crippen molar-refractivity contribution in [3.8, 4) is 5.75 Å². The maximum Gasteiger partial charge on any atom is 0.416 e. The molecule has 0 aromatic heterocycles. The summed E-state index contributed by atoms with van der Waals surface area (Å²) in [7, 11) is 1.68. The molecule has 0 saturated heterocycles. The Bertz CT molecular complexity index is 1610. The van der Waals surface area contributed by atoms with E-state index in [1.807, 2.05) is 32.0 Å². The lowest BCUT2D eigenvalue weighted by atomic mass is 10.0. The van der Waals surface area contributed by atoms with Crippen LogP contribution in [0, 0.1) is 5.92 Å². The Morgan fingerprint density at radius 3 is 2.27 bits per heavy atom. The molecule has 3 aromatic rings.